The van der Waals surface area contributed by atoms with Crippen molar-refractivity contribution in [1.29, 1.82) is 0 Å². The van der Waals surface area contributed by atoms with E-state index in [4.69, 9.17) is 0 Å². The fourth-order valence-electron chi connectivity index (χ4n) is 1.35. The third kappa shape index (κ3) is 4.24. The molecule has 1 N–H and O–H groups in total. The number of halogens is 3. The predicted octanol–water partition coefficient (Wildman–Crippen LogP) is 3.16. The molecule has 0 unspecified atom stereocenters. The van der Waals surface area contributed by atoms with E-state index in [1.54, 1.807) is 44.2 Å². The molecule has 18 heavy (non-hydrogen) atoms. The average molecular weight is 257 g/mol. The van der Waals surface area contributed by atoms with Crippen molar-refractivity contribution >= 4 is 11.5 Å². The Morgan fingerprint density at radius 2 is 1.78 bits per heavy atom. The van der Waals surface area contributed by atoms with Gasteiger partial charge in [0.15, 0.2) is 0 Å². The number of hydrogen-bond acceptors (Lipinski definition) is 2. The fourth-order valence-corrected chi connectivity index (χ4v) is 1.35. The van der Waals surface area contributed by atoms with Crippen LogP contribution in [0, 0.1) is 0 Å². The van der Waals surface area contributed by atoms with Gasteiger partial charge < -0.3 is 5.32 Å². The van der Waals surface area contributed by atoms with Gasteiger partial charge in [-0.15, -0.1) is 0 Å². The maximum absolute atomic E-state index is 12.2. The maximum Gasteiger partial charge on any atom is 0.454 e. The first kappa shape index (κ1) is 14.3. The molecule has 5 heteroatoms. The van der Waals surface area contributed by atoms with Crippen molar-refractivity contribution in [2.45, 2.75) is 26.1 Å². The second-order valence-corrected chi connectivity index (χ2v) is 4.09. The van der Waals surface area contributed by atoms with Gasteiger partial charge in [0.2, 0.25) is 0 Å². The maximum atomic E-state index is 12.2. The van der Waals surface area contributed by atoms with Crippen molar-refractivity contribution in [1.82, 2.24) is 5.32 Å². The molecule has 0 amide bonds. The Hall–Kier alpha value is -1.78. The zero-order valence-electron chi connectivity index (χ0n) is 10.1. The highest BCUT2D eigenvalue weighted by molar-refractivity contribution is 6.00. The van der Waals surface area contributed by atoms with E-state index < -0.39 is 12.0 Å². The van der Waals surface area contributed by atoms with Crippen LogP contribution in [0.3, 0.4) is 0 Å². The van der Waals surface area contributed by atoms with Crippen LogP contribution in [-0.4, -0.2) is 18.0 Å². The van der Waals surface area contributed by atoms with Crippen molar-refractivity contribution in [2.75, 3.05) is 0 Å². The summed E-state index contributed by atoms with van der Waals surface area (Å²) in [7, 11) is 0. The molecule has 1 aromatic rings. The number of benzene rings is 1. The second kappa shape index (κ2) is 5.71. The van der Waals surface area contributed by atoms with E-state index in [9.17, 15) is 18.0 Å². The highest BCUT2D eigenvalue weighted by atomic mass is 19.4. The van der Waals surface area contributed by atoms with Gasteiger partial charge in [-0.1, -0.05) is 30.3 Å². The van der Waals surface area contributed by atoms with Gasteiger partial charge in [0.1, 0.15) is 0 Å². The summed E-state index contributed by atoms with van der Waals surface area (Å²) in [4.78, 5) is 11.0. The number of carbonyl (C=O) groups is 1. The molecule has 0 aromatic heterocycles. The van der Waals surface area contributed by atoms with Gasteiger partial charge in [0.05, 0.1) is 0 Å². The molecule has 0 aliphatic heterocycles. The van der Waals surface area contributed by atoms with Gasteiger partial charge in [0.25, 0.3) is 5.78 Å². The third-order valence-corrected chi connectivity index (χ3v) is 2.08. The largest absolute Gasteiger partial charge is 0.454 e. The molecule has 0 fully saturated rings. The normalized spacial score (nSPS) is 12.7. The molecule has 0 atom stereocenters. The Balaban J connectivity index is 3.07. The highest BCUT2D eigenvalue weighted by Gasteiger charge is 2.36. The lowest BCUT2D eigenvalue weighted by Crippen LogP contribution is -2.25. The minimum absolute atomic E-state index is 0.0718. The zero-order chi connectivity index (χ0) is 13.8. The Bertz CT molecular complexity index is 435. The number of ketones is 1. The number of hydrogen-bond donors (Lipinski definition) is 1. The molecule has 2 nitrogen and oxygen atoms in total. The number of alkyl halides is 3. The predicted molar refractivity (Wildman–Crippen MR) is 63.8 cm³/mol. The van der Waals surface area contributed by atoms with Crippen LogP contribution in [0.15, 0.2) is 36.4 Å². The van der Waals surface area contributed by atoms with Crippen molar-refractivity contribution in [3.8, 4) is 0 Å². The van der Waals surface area contributed by atoms with E-state index >= 15 is 0 Å². The molecule has 1 aromatic carbocycles. The summed E-state index contributed by atoms with van der Waals surface area (Å²) in [5, 5.41) is 2.84. The highest BCUT2D eigenvalue weighted by Crippen LogP contribution is 2.20. The van der Waals surface area contributed by atoms with Gasteiger partial charge in [0, 0.05) is 17.8 Å². The molecule has 0 aliphatic carbocycles. The van der Waals surface area contributed by atoms with Gasteiger partial charge in [-0.25, -0.2) is 0 Å². The lowest BCUT2D eigenvalue weighted by atomic mass is 10.1. The van der Waals surface area contributed by atoms with Crippen LogP contribution >= 0.6 is 0 Å². The SMILES string of the molecule is CC(C)NC(=CC(=O)C(F)(F)F)c1ccccc1. The summed E-state index contributed by atoms with van der Waals surface area (Å²) in [6.45, 7) is 3.57. The van der Waals surface area contributed by atoms with Crippen molar-refractivity contribution in [3.05, 3.63) is 42.0 Å². The molecular weight excluding hydrogens is 243 g/mol. The lowest BCUT2D eigenvalue weighted by molar-refractivity contribution is -0.165. The van der Waals surface area contributed by atoms with Crippen LogP contribution in [-0.2, 0) is 4.79 Å². The molecule has 0 saturated carbocycles. The second-order valence-electron chi connectivity index (χ2n) is 4.09. The van der Waals surface area contributed by atoms with E-state index in [1.807, 2.05) is 0 Å². The van der Waals surface area contributed by atoms with E-state index in [-0.39, 0.29) is 11.7 Å². The van der Waals surface area contributed by atoms with Crippen LogP contribution in [0.4, 0.5) is 13.2 Å². The topological polar surface area (TPSA) is 29.1 Å². The van der Waals surface area contributed by atoms with E-state index in [1.165, 1.54) is 0 Å². The number of rotatable bonds is 4. The summed E-state index contributed by atoms with van der Waals surface area (Å²) in [5.74, 6) is -1.87. The molecule has 0 radical (unpaired) electrons. The molecule has 98 valence electrons. The fraction of sp³-hybridized carbons (Fsp3) is 0.308. The monoisotopic (exact) mass is 257 g/mol. The molecule has 0 saturated heterocycles. The molecule has 0 aliphatic rings. The number of nitrogens with one attached hydrogen (secondary N) is 1. The minimum Gasteiger partial charge on any atom is -0.382 e. The first-order valence-corrected chi connectivity index (χ1v) is 5.45. The molecule has 1 rings (SSSR count). The smallest absolute Gasteiger partial charge is 0.382 e. The molecule has 0 heterocycles. The Morgan fingerprint density at radius 1 is 1.22 bits per heavy atom. The first-order valence-electron chi connectivity index (χ1n) is 5.45. The van der Waals surface area contributed by atoms with Gasteiger partial charge >= 0.3 is 6.18 Å². The third-order valence-electron chi connectivity index (χ3n) is 2.08. The van der Waals surface area contributed by atoms with Crippen LogP contribution in [0.25, 0.3) is 5.70 Å². The molecule has 0 bridgehead atoms. The van der Waals surface area contributed by atoms with Crippen molar-refractivity contribution in [2.24, 2.45) is 0 Å². The average Bonchev–Trinajstić information content (AvgIpc) is 2.27. The summed E-state index contributed by atoms with van der Waals surface area (Å²) in [5.41, 5.74) is 0.719. The summed E-state index contributed by atoms with van der Waals surface area (Å²) < 4.78 is 36.7. The van der Waals surface area contributed by atoms with E-state index in [0.29, 0.717) is 11.6 Å². The zero-order valence-corrected chi connectivity index (χ0v) is 10.1. The Kier molecular flexibility index (Phi) is 4.53. The molecule has 0 spiro atoms. The summed E-state index contributed by atoms with van der Waals surface area (Å²) in [6.07, 6.45) is -4.26. The van der Waals surface area contributed by atoms with Crippen molar-refractivity contribution in [3.63, 3.8) is 0 Å². The van der Waals surface area contributed by atoms with Crippen LogP contribution < -0.4 is 5.32 Å². The molecular formula is C13H14F3NO. The first-order chi connectivity index (χ1) is 8.30. The van der Waals surface area contributed by atoms with E-state index in [0.717, 1.165) is 0 Å². The number of carbonyl (C=O) groups excluding carboxylic acids is 1. The number of allylic oxidation sites excluding steroid dienone is 1. The van der Waals surface area contributed by atoms with Crippen LogP contribution in [0.2, 0.25) is 0 Å². The van der Waals surface area contributed by atoms with Crippen molar-refractivity contribution < 1.29 is 18.0 Å². The quantitative estimate of drug-likeness (QED) is 0.839. The standard InChI is InChI=1S/C13H14F3NO/c1-9(2)17-11(8-12(18)13(14,15)16)10-6-4-3-5-7-10/h3-9,17H,1-2H3. The van der Waals surface area contributed by atoms with E-state index in [2.05, 4.69) is 5.32 Å². The lowest BCUT2D eigenvalue weighted by Gasteiger charge is -2.14. The minimum atomic E-state index is -4.85. The Labute approximate surface area is 104 Å². The van der Waals surface area contributed by atoms with Crippen LogP contribution in [0.5, 0.6) is 0 Å². The summed E-state index contributed by atoms with van der Waals surface area (Å²) in [6, 6.07) is 8.36. The summed E-state index contributed by atoms with van der Waals surface area (Å²) >= 11 is 0. The van der Waals surface area contributed by atoms with Gasteiger partial charge in [-0.3, -0.25) is 4.79 Å². The van der Waals surface area contributed by atoms with Gasteiger partial charge in [-0.2, -0.15) is 13.2 Å². The van der Waals surface area contributed by atoms with Gasteiger partial charge in [-0.05, 0) is 19.4 Å². The van der Waals surface area contributed by atoms with Crippen LogP contribution in [0.1, 0.15) is 19.4 Å². The Morgan fingerprint density at radius 3 is 2.22 bits per heavy atom.